The van der Waals surface area contributed by atoms with Crippen molar-refractivity contribution in [3.63, 3.8) is 0 Å². The molecule has 2 aliphatic rings. The number of carbonyl (C=O) groups excluding carboxylic acids is 1. The Bertz CT molecular complexity index is 960. The highest BCUT2D eigenvalue weighted by atomic mass is 16.4. The predicted octanol–water partition coefficient (Wildman–Crippen LogP) is 5.20. The number of carbonyl (C=O) groups is 2. The Labute approximate surface area is 203 Å². The Hall–Kier alpha value is -3.04. The van der Waals surface area contributed by atoms with E-state index in [1.807, 2.05) is 21.9 Å². The van der Waals surface area contributed by atoms with Gasteiger partial charge in [0.2, 0.25) is 0 Å². The molecule has 1 aromatic rings. The Kier molecular flexibility index (Phi) is 9.78. The molecule has 6 heteroatoms. The number of hydrogen-bond acceptors (Lipinski definition) is 3. The summed E-state index contributed by atoms with van der Waals surface area (Å²) < 4.78 is 0. The highest BCUT2D eigenvalue weighted by molar-refractivity contribution is 5.95. The lowest BCUT2D eigenvalue weighted by Gasteiger charge is -2.29. The van der Waals surface area contributed by atoms with Gasteiger partial charge in [0.25, 0.3) is 0 Å². The van der Waals surface area contributed by atoms with Crippen LogP contribution < -0.4 is 4.90 Å². The molecule has 0 aliphatic carbocycles. The summed E-state index contributed by atoms with van der Waals surface area (Å²) in [6.07, 6.45) is 19.2. The minimum atomic E-state index is -0.764. The van der Waals surface area contributed by atoms with Crippen molar-refractivity contribution in [2.45, 2.75) is 64.8 Å². The number of amides is 2. The largest absolute Gasteiger partial charge is 0.481 e. The molecule has 1 aromatic carbocycles. The smallest absolute Gasteiger partial charge is 0.329 e. The lowest BCUT2D eigenvalue weighted by atomic mass is 9.98. The van der Waals surface area contributed by atoms with Gasteiger partial charge in [0, 0.05) is 44.1 Å². The summed E-state index contributed by atoms with van der Waals surface area (Å²) in [5.74, 6) is 1.78. The molecule has 1 fully saturated rings. The van der Waals surface area contributed by atoms with Crippen molar-refractivity contribution in [1.82, 2.24) is 9.80 Å². The molecule has 2 aliphatic heterocycles. The third-order valence-electron chi connectivity index (χ3n) is 6.57. The predicted molar refractivity (Wildman–Crippen MR) is 137 cm³/mol. The van der Waals surface area contributed by atoms with Gasteiger partial charge in [-0.1, -0.05) is 50.7 Å². The van der Waals surface area contributed by atoms with E-state index in [0.29, 0.717) is 19.6 Å². The molecule has 0 saturated carbocycles. The van der Waals surface area contributed by atoms with E-state index in [4.69, 9.17) is 11.5 Å². The van der Waals surface area contributed by atoms with Crippen molar-refractivity contribution in [3.8, 4) is 12.3 Å². The van der Waals surface area contributed by atoms with Crippen LogP contribution in [0.1, 0.15) is 63.0 Å². The number of fused-ring (bicyclic) bond motifs is 1. The topological polar surface area (TPSA) is 64.1 Å². The zero-order chi connectivity index (χ0) is 24.3. The lowest BCUT2D eigenvalue weighted by molar-refractivity contribution is -0.137. The van der Waals surface area contributed by atoms with Crippen LogP contribution in [0.4, 0.5) is 10.5 Å². The quantitative estimate of drug-likeness (QED) is 0.263. The van der Waals surface area contributed by atoms with E-state index in [-0.39, 0.29) is 12.5 Å². The molecule has 2 amide bonds. The molecule has 0 unspecified atom stereocenters. The van der Waals surface area contributed by atoms with Gasteiger partial charge in [-0.2, -0.15) is 0 Å². The molecule has 0 spiro atoms. The maximum absolute atomic E-state index is 13.3. The summed E-state index contributed by atoms with van der Waals surface area (Å²) in [5.41, 5.74) is 4.26. The molecule has 0 bridgehead atoms. The van der Waals surface area contributed by atoms with Gasteiger partial charge < -0.3 is 5.11 Å². The van der Waals surface area contributed by atoms with Crippen molar-refractivity contribution in [2.75, 3.05) is 31.1 Å². The molecule has 182 valence electrons. The normalized spacial score (nSPS) is 16.8. The monoisotopic (exact) mass is 463 g/mol. The first-order valence-corrected chi connectivity index (χ1v) is 12.5. The number of benzene rings is 1. The molecule has 3 rings (SSSR count). The minimum absolute atomic E-state index is 0.0160. The molecule has 0 atom stereocenters. The van der Waals surface area contributed by atoms with Crippen LogP contribution in [0.3, 0.4) is 0 Å². The number of urea groups is 1. The number of nitrogens with zero attached hydrogens (tertiary/aromatic N) is 3. The third-order valence-corrected chi connectivity index (χ3v) is 6.57. The fourth-order valence-corrected chi connectivity index (χ4v) is 4.63. The van der Waals surface area contributed by atoms with Gasteiger partial charge in [0.05, 0.1) is 6.42 Å². The molecule has 1 saturated heterocycles. The van der Waals surface area contributed by atoms with Crippen molar-refractivity contribution < 1.29 is 14.7 Å². The van der Waals surface area contributed by atoms with Crippen molar-refractivity contribution in [1.29, 1.82) is 0 Å². The molecule has 2 heterocycles. The molecule has 0 radical (unpaired) electrons. The van der Waals surface area contributed by atoms with Crippen LogP contribution in [-0.2, 0) is 17.8 Å². The summed E-state index contributed by atoms with van der Waals surface area (Å²) in [7, 11) is 0. The number of allylic oxidation sites excluding steroid dienone is 3. The van der Waals surface area contributed by atoms with Gasteiger partial charge in [-0.25, -0.2) is 4.79 Å². The van der Waals surface area contributed by atoms with Gasteiger partial charge in [-0.3, -0.25) is 19.5 Å². The van der Waals surface area contributed by atoms with Gasteiger partial charge in [0.1, 0.15) is 0 Å². The van der Waals surface area contributed by atoms with Crippen LogP contribution in [0.2, 0.25) is 0 Å². The second-order valence-electron chi connectivity index (χ2n) is 9.04. The van der Waals surface area contributed by atoms with E-state index >= 15 is 0 Å². The summed E-state index contributed by atoms with van der Waals surface area (Å²) in [6.45, 7) is 5.65. The number of aliphatic carboxylic acids is 1. The van der Waals surface area contributed by atoms with Crippen LogP contribution in [-0.4, -0.2) is 53.1 Å². The Balaban J connectivity index is 1.65. The molecular weight excluding hydrogens is 426 g/mol. The number of carboxylic acids is 1. The third kappa shape index (κ3) is 6.98. The second kappa shape index (κ2) is 13.0. The minimum Gasteiger partial charge on any atom is -0.481 e. The molecule has 0 aromatic heterocycles. The number of terminal acetylenes is 1. The Morgan fingerprint density at radius 2 is 1.97 bits per heavy atom. The van der Waals surface area contributed by atoms with E-state index in [1.165, 1.54) is 36.8 Å². The zero-order valence-corrected chi connectivity index (χ0v) is 20.3. The maximum Gasteiger partial charge on any atom is 0.329 e. The first-order valence-electron chi connectivity index (χ1n) is 12.5. The molecule has 34 heavy (non-hydrogen) atoms. The van der Waals surface area contributed by atoms with Gasteiger partial charge in [-0.05, 0) is 54.7 Å². The number of unbranched alkanes of at least 4 members (excludes halogenated alkanes) is 5. The number of carboxylic acid groups (broad SMARTS) is 1. The highest BCUT2D eigenvalue weighted by Crippen LogP contribution is 2.28. The van der Waals surface area contributed by atoms with Crippen molar-refractivity contribution in [3.05, 3.63) is 53.3 Å². The summed E-state index contributed by atoms with van der Waals surface area (Å²) in [6, 6.07) is 6.20. The van der Waals surface area contributed by atoms with E-state index in [2.05, 4.69) is 36.0 Å². The Morgan fingerprint density at radius 1 is 1.15 bits per heavy atom. The fraction of sp³-hybridized carbons (Fsp3) is 0.500. The van der Waals surface area contributed by atoms with Crippen LogP contribution in [0.15, 0.2) is 42.1 Å². The lowest BCUT2D eigenvalue weighted by Crippen LogP contribution is -2.33. The number of anilines is 1. The van der Waals surface area contributed by atoms with Gasteiger partial charge >= 0.3 is 12.0 Å². The van der Waals surface area contributed by atoms with Crippen molar-refractivity contribution >= 4 is 17.7 Å². The first kappa shape index (κ1) is 25.6. The van der Waals surface area contributed by atoms with Gasteiger partial charge in [-0.15, -0.1) is 6.42 Å². The highest BCUT2D eigenvalue weighted by Gasteiger charge is 2.31. The summed E-state index contributed by atoms with van der Waals surface area (Å²) in [5, 5.41) is 8.94. The molecule has 1 N–H and O–H groups in total. The van der Waals surface area contributed by atoms with Crippen LogP contribution in [0.25, 0.3) is 0 Å². The first-order chi connectivity index (χ1) is 16.5. The van der Waals surface area contributed by atoms with E-state index in [1.54, 1.807) is 6.08 Å². The fourth-order valence-electron chi connectivity index (χ4n) is 4.63. The SMILES string of the molecule is C#C/C=C\C(=C/CCCCCCC)N1CCN(c2ccc3c(c2)CCN(CCC(=O)O)C3)C1=O. The van der Waals surface area contributed by atoms with Gasteiger partial charge in [0.15, 0.2) is 0 Å². The number of hydrogen-bond donors (Lipinski definition) is 1. The van der Waals surface area contributed by atoms with Crippen LogP contribution in [0, 0.1) is 12.3 Å². The molecule has 6 nitrogen and oxygen atoms in total. The zero-order valence-electron chi connectivity index (χ0n) is 20.3. The average molecular weight is 464 g/mol. The standard InChI is InChI=1S/C28H37N3O3/c1-3-5-7-8-9-10-12-25(11-6-4-2)30-19-20-31(28(30)34)26-14-13-24-22-29(18-16-27(32)33)17-15-23(24)21-26/h2,6,11-14,21H,3,5,7-10,15-20,22H2,1H3,(H,32,33)/b11-6-,25-12+. The second-order valence-corrected chi connectivity index (χ2v) is 9.04. The van der Waals surface area contributed by atoms with E-state index < -0.39 is 5.97 Å². The summed E-state index contributed by atoms with van der Waals surface area (Å²) in [4.78, 5) is 30.0. The van der Waals surface area contributed by atoms with E-state index in [9.17, 15) is 9.59 Å². The summed E-state index contributed by atoms with van der Waals surface area (Å²) >= 11 is 0. The van der Waals surface area contributed by atoms with Crippen LogP contribution in [0.5, 0.6) is 0 Å². The van der Waals surface area contributed by atoms with Crippen LogP contribution >= 0.6 is 0 Å². The van der Waals surface area contributed by atoms with E-state index in [0.717, 1.165) is 43.7 Å². The van der Waals surface area contributed by atoms with Crippen molar-refractivity contribution in [2.24, 2.45) is 0 Å². The Morgan fingerprint density at radius 3 is 2.74 bits per heavy atom. The number of rotatable bonds is 12. The maximum atomic E-state index is 13.3. The average Bonchev–Trinajstić information content (AvgIpc) is 3.22. The molecular formula is C28H37N3O3.